The normalized spacial score (nSPS) is 20.2. The SMILES string of the molecule is COC(=O)N[C@@H](C)C(=O)N1C[Si](C)(C)C[C@H]1c1ncc(-c2ccc(-c3ccc4c(ccc5[nH]c([C@@H]6CC(F)(F)CN6C(=O)[C@@H](NC(=O)OC)C(C)C)nc54)c3)cc2)[nH]1.COC(=O)N[C@H](C(=O)N1CC(F)(F)C[C@H]1c1nc2c(ccc3cc(-c4ccc(-c5cnc([C@@H]6C[Si](C)(C)CN6C(=O)[C@@H](NC(=O)OC)C6CC6)[nH]5)cc4)ccc32)[nH]1)C(C)C. The molecule has 0 radical (unpaired) electrons. The number of hydrogen-bond acceptors (Lipinski definition) is 16. The van der Waals surface area contributed by atoms with Gasteiger partial charge < -0.3 is 79.8 Å². The van der Waals surface area contributed by atoms with Gasteiger partial charge in [0, 0.05) is 36.0 Å². The Kier molecular flexibility index (Phi) is 22.9. The molecule has 15 rings (SSSR count). The number of methoxy groups -OCH3 is 4. The molecule has 4 saturated heterocycles. The first-order chi connectivity index (χ1) is 56.0. The van der Waals surface area contributed by atoms with Gasteiger partial charge in [0.15, 0.2) is 0 Å². The first kappa shape index (κ1) is 82.8. The lowest BCUT2D eigenvalue weighted by molar-refractivity contribution is -0.137. The van der Waals surface area contributed by atoms with E-state index < -0.39 is 126 Å². The zero-order valence-corrected chi connectivity index (χ0v) is 70.0. The average Bonchev–Trinajstić information content (AvgIpc) is 1.60. The Morgan fingerprint density at radius 2 is 0.814 bits per heavy atom. The summed E-state index contributed by atoms with van der Waals surface area (Å²) in [5, 5.41) is 13.8. The van der Waals surface area contributed by atoms with Gasteiger partial charge in [-0.05, 0) is 118 Å². The minimum atomic E-state index is -3.14. The zero-order chi connectivity index (χ0) is 84.4. The monoisotopic (exact) mass is 1650 g/mol. The molecule has 0 spiro atoms. The van der Waals surface area contributed by atoms with Crippen molar-refractivity contribution in [1.29, 1.82) is 0 Å². The van der Waals surface area contributed by atoms with E-state index in [1.807, 2.05) is 113 Å². The van der Waals surface area contributed by atoms with Crippen LogP contribution < -0.4 is 21.3 Å². The predicted molar refractivity (Wildman–Crippen MR) is 440 cm³/mol. The molecule has 5 aliphatic rings. The number of imidazole rings is 4. The van der Waals surface area contributed by atoms with Gasteiger partial charge in [-0.3, -0.25) is 19.2 Å². The van der Waals surface area contributed by atoms with E-state index in [1.54, 1.807) is 47.0 Å². The molecule has 10 aromatic rings. The van der Waals surface area contributed by atoms with Crippen molar-refractivity contribution in [3.8, 4) is 44.8 Å². The number of H-pyrrole nitrogens is 4. The molecular formula is C84H98F4N16O12Si2. The number of aromatic amines is 4. The van der Waals surface area contributed by atoms with Crippen molar-refractivity contribution in [2.75, 3.05) is 53.9 Å². The number of nitrogens with zero attached hydrogens (tertiary/aromatic N) is 8. The third-order valence-corrected chi connectivity index (χ3v) is 28.5. The first-order valence-corrected chi connectivity index (χ1v) is 46.4. The molecule has 1 aliphatic carbocycles. The predicted octanol–water partition coefficient (Wildman–Crippen LogP) is 14.3. The highest BCUT2D eigenvalue weighted by molar-refractivity contribution is 6.79. The Morgan fingerprint density at radius 3 is 1.20 bits per heavy atom. The van der Waals surface area contributed by atoms with Crippen molar-refractivity contribution in [1.82, 2.24) is 80.7 Å². The standard InChI is InChI=1S/C43H50F2N8O6Si.C41H48F2N8O6Si/c1-23(2)34(50-41(56)58-3)39(54)52-21-43(44,45)18-32(52)38-47-30-16-14-28-17-27(13-15-29(28)36(30)49-38)24-7-9-25(10-8-24)31-19-46-37(48-31)33-20-60(5,6)22-53(33)40(55)35(26-11-12-26)51-42(57)59-4;1-22(2)33(49-40(55)57-5)38(53)50-20-41(42,43)17-31(50)36-46-29-15-13-27-16-26(12-14-28(27)34(29)48-36)24-8-10-25(11-9-24)30-18-44-35(47-30)32-19-58(6,7)21-51(32)37(52)23(3)45-39(54)56-4/h7-10,13-17,19,23,26,32-35H,11-12,18,20-22H2,1-6H3,(H,46,48)(H,47,49)(H,50,56)(H,51,57);8-16,18,22-23,31-33H,17,19-21H2,1-7H3,(H,44,47)(H,45,54)(H,46,48)(H,49,55)/t32-,33-,34-,35-;23-,31-,32-,33-/m00/s1. The number of hydrogen-bond donors (Lipinski definition) is 8. The van der Waals surface area contributed by atoms with Crippen LogP contribution in [0, 0.1) is 17.8 Å². The van der Waals surface area contributed by atoms with Crippen molar-refractivity contribution in [3.05, 3.63) is 145 Å². The molecular weight excluding hydrogens is 1560 g/mol. The van der Waals surface area contributed by atoms with Gasteiger partial charge >= 0.3 is 24.4 Å². The van der Waals surface area contributed by atoms with Crippen molar-refractivity contribution in [2.24, 2.45) is 17.8 Å². The van der Waals surface area contributed by atoms with Gasteiger partial charge in [-0.1, -0.05) is 139 Å². The second-order valence-electron chi connectivity index (χ2n) is 33.9. The number of ether oxygens (including phenoxy) is 4. The van der Waals surface area contributed by atoms with Crippen LogP contribution in [-0.4, -0.2) is 213 Å². The maximum atomic E-state index is 15.0. The molecule has 4 aromatic heterocycles. The lowest BCUT2D eigenvalue weighted by atomic mass is 9.99. The number of likely N-dealkylation sites (tertiary alicyclic amines) is 2. The van der Waals surface area contributed by atoms with E-state index in [-0.39, 0.29) is 53.3 Å². The molecule has 8 heterocycles. The second-order valence-corrected chi connectivity index (χ2v) is 44.0. The van der Waals surface area contributed by atoms with E-state index in [9.17, 15) is 55.9 Å². The fraction of sp³-hybridized carbons (Fsp3) is 0.429. The fourth-order valence-corrected chi connectivity index (χ4v) is 22.6. The number of alkyl carbamates (subject to hydrolysis) is 4. The fourth-order valence-electron chi connectivity index (χ4n) is 16.9. The number of halogens is 4. The van der Waals surface area contributed by atoms with Crippen LogP contribution in [-0.2, 0) is 38.1 Å². The molecule has 5 fully saturated rings. The van der Waals surface area contributed by atoms with Gasteiger partial charge in [0.05, 0.1) is 128 Å². The Hall–Kier alpha value is -11.7. The highest BCUT2D eigenvalue weighted by atomic mass is 28.3. The zero-order valence-electron chi connectivity index (χ0n) is 68.0. The number of rotatable bonds is 19. The summed E-state index contributed by atoms with van der Waals surface area (Å²) in [5.41, 5.74) is 9.90. The van der Waals surface area contributed by atoms with E-state index >= 15 is 0 Å². The van der Waals surface area contributed by atoms with E-state index in [2.05, 4.69) is 87.7 Å². The van der Waals surface area contributed by atoms with Crippen LogP contribution in [0.25, 0.3) is 88.4 Å². The topological polar surface area (TPSA) is 349 Å². The van der Waals surface area contributed by atoms with Gasteiger partial charge in [0.25, 0.3) is 11.8 Å². The molecule has 8 amide bonds. The van der Waals surface area contributed by atoms with Crippen molar-refractivity contribution in [2.45, 2.75) is 159 Å². The third-order valence-electron chi connectivity index (χ3n) is 23.1. The molecule has 28 nitrogen and oxygen atoms in total. The van der Waals surface area contributed by atoms with Crippen LogP contribution in [0.3, 0.4) is 0 Å². The van der Waals surface area contributed by atoms with Crippen LogP contribution in [0.4, 0.5) is 36.7 Å². The summed E-state index contributed by atoms with van der Waals surface area (Å²) >= 11 is 0. The molecule has 6 aromatic carbocycles. The maximum Gasteiger partial charge on any atom is 0.407 e. The number of alkyl halides is 4. The summed E-state index contributed by atoms with van der Waals surface area (Å²) in [5.74, 6) is -6.50. The number of nitrogens with one attached hydrogen (secondary N) is 8. The van der Waals surface area contributed by atoms with Gasteiger partial charge in [-0.25, -0.2) is 56.7 Å². The molecule has 118 heavy (non-hydrogen) atoms. The molecule has 0 unspecified atom stereocenters. The minimum absolute atomic E-state index is 0.0830. The Bertz CT molecular complexity index is 5520. The molecule has 622 valence electrons. The van der Waals surface area contributed by atoms with E-state index in [0.717, 1.165) is 107 Å². The van der Waals surface area contributed by atoms with Crippen molar-refractivity contribution in [3.63, 3.8) is 0 Å². The van der Waals surface area contributed by atoms with E-state index in [1.165, 1.54) is 28.4 Å². The largest absolute Gasteiger partial charge is 0.453 e. The summed E-state index contributed by atoms with van der Waals surface area (Å²) < 4.78 is 78.7. The highest BCUT2D eigenvalue weighted by Gasteiger charge is 2.54. The van der Waals surface area contributed by atoms with E-state index in [0.29, 0.717) is 40.2 Å². The summed E-state index contributed by atoms with van der Waals surface area (Å²) in [6.07, 6.45) is 2.61. The number of carbonyl (C=O) groups is 8. The van der Waals surface area contributed by atoms with Gasteiger partial charge in [0.1, 0.15) is 47.5 Å². The number of amides is 8. The second kappa shape index (κ2) is 32.7. The number of aromatic nitrogens is 8. The van der Waals surface area contributed by atoms with Crippen molar-refractivity contribution < 1.29 is 74.9 Å². The molecule has 8 N–H and O–H groups in total. The molecule has 8 atom stereocenters. The number of carbonyl (C=O) groups excluding carboxylic acids is 8. The lowest BCUT2D eigenvalue weighted by Gasteiger charge is -2.29. The van der Waals surface area contributed by atoms with Gasteiger partial charge in [0.2, 0.25) is 23.6 Å². The van der Waals surface area contributed by atoms with Crippen LogP contribution in [0.2, 0.25) is 38.3 Å². The summed E-state index contributed by atoms with van der Waals surface area (Å²) in [4.78, 5) is 141. The van der Waals surface area contributed by atoms with Crippen LogP contribution in [0.1, 0.15) is 108 Å². The highest BCUT2D eigenvalue weighted by Crippen LogP contribution is 2.47. The first-order valence-electron chi connectivity index (χ1n) is 39.5. The smallest absolute Gasteiger partial charge is 0.407 e. The van der Waals surface area contributed by atoms with Crippen LogP contribution >= 0.6 is 0 Å². The van der Waals surface area contributed by atoms with Crippen LogP contribution in [0.15, 0.2) is 122 Å². The Labute approximate surface area is 680 Å². The summed E-state index contributed by atoms with van der Waals surface area (Å²) in [6, 6.07) is 31.5. The third kappa shape index (κ3) is 17.4. The summed E-state index contributed by atoms with van der Waals surface area (Å²) in [7, 11) is 1.41. The van der Waals surface area contributed by atoms with Crippen molar-refractivity contribution >= 4 is 108 Å². The Morgan fingerprint density at radius 1 is 0.441 bits per heavy atom. The summed E-state index contributed by atoms with van der Waals surface area (Å²) in [6.45, 7) is 16.0. The van der Waals surface area contributed by atoms with Gasteiger partial charge in [-0.15, -0.1) is 0 Å². The number of fused-ring (bicyclic) bond motifs is 6. The molecule has 4 aliphatic heterocycles. The lowest BCUT2D eigenvalue weighted by Crippen LogP contribution is -2.51. The number of benzene rings is 6. The molecule has 34 heteroatoms. The Balaban J connectivity index is 0.000000194. The molecule has 0 bridgehead atoms. The van der Waals surface area contributed by atoms with Gasteiger partial charge in [-0.2, -0.15) is 0 Å². The van der Waals surface area contributed by atoms with E-state index in [4.69, 9.17) is 24.7 Å². The minimum Gasteiger partial charge on any atom is -0.453 e. The maximum absolute atomic E-state index is 15.0. The quantitative estimate of drug-likeness (QED) is 0.0212. The molecule has 1 saturated carbocycles. The average molecular weight is 1660 g/mol. The van der Waals surface area contributed by atoms with Crippen LogP contribution in [0.5, 0.6) is 0 Å².